The molecule has 1 amide bonds. The number of ether oxygens (including phenoxy) is 2. The highest BCUT2D eigenvalue weighted by Gasteiger charge is 2.23. The monoisotopic (exact) mass is 429 g/mol. The molecule has 2 aromatic carbocycles. The van der Waals surface area contributed by atoms with Crippen molar-refractivity contribution in [1.29, 1.82) is 0 Å². The molecule has 0 aliphatic heterocycles. The van der Waals surface area contributed by atoms with Gasteiger partial charge in [-0.2, -0.15) is 5.10 Å². The molecule has 1 aliphatic rings. The number of fused-ring (bicyclic) bond motifs is 1. The number of nitrogens with zero attached hydrogens (tertiary/aromatic N) is 2. The van der Waals surface area contributed by atoms with Gasteiger partial charge >= 0.3 is 0 Å². The standard InChI is InChI=1S/C26H27N3O3/c1-19(28-25(30)18-31-2)26(20-10-6-5-7-11-20)32-23-14-15-24-21(16-23)17-27-29(24)22-12-8-3-4-9-13-22/h3-12,14-17,19,26H,13,18H2,1-2H3,(H,28,30)/t19-,26-/m0/s1. The Kier molecular flexibility index (Phi) is 6.82. The molecule has 0 fully saturated rings. The van der Waals surface area contributed by atoms with Gasteiger partial charge in [0.15, 0.2) is 0 Å². The second kappa shape index (κ2) is 10.1. The third-order valence-electron chi connectivity index (χ3n) is 5.29. The molecule has 0 spiro atoms. The topological polar surface area (TPSA) is 65.4 Å². The van der Waals surface area contributed by atoms with E-state index in [4.69, 9.17) is 9.47 Å². The lowest BCUT2D eigenvalue weighted by molar-refractivity contribution is -0.126. The molecule has 0 bridgehead atoms. The van der Waals surface area contributed by atoms with E-state index < -0.39 is 0 Å². The van der Waals surface area contributed by atoms with Gasteiger partial charge in [0.25, 0.3) is 0 Å². The van der Waals surface area contributed by atoms with Crippen molar-refractivity contribution in [3.05, 3.63) is 90.7 Å². The fraction of sp³-hybridized carbons (Fsp3) is 0.231. The summed E-state index contributed by atoms with van der Waals surface area (Å²) in [4.78, 5) is 12.1. The molecule has 164 valence electrons. The fourth-order valence-electron chi connectivity index (χ4n) is 3.79. The van der Waals surface area contributed by atoms with Crippen molar-refractivity contribution in [2.45, 2.75) is 25.5 Å². The van der Waals surface area contributed by atoms with Crippen LogP contribution in [0.2, 0.25) is 0 Å². The summed E-state index contributed by atoms with van der Waals surface area (Å²) in [5.74, 6) is 0.536. The molecule has 4 rings (SSSR count). The Morgan fingerprint density at radius 1 is 1.16 bits per heavy atom. The number of hydrogen-bond donors (Lipinski definition) is 1. The van der Waals surface area contributed by atoms with Gasteiger partial charge < -0.3 is 14.8 Å². The molecule has 1 aromatic heterocycles. The van der Waals surface area contributed by atoms with Gasteiger partial charge in [-0.05, 0) is 36.8 Å². The maximum absolute atomic E-state index is 12.1. The first-order chi connectivity index (χ1) is 15.7. The highest BCUT2D eigenvalue weighted by molar-refractivity contribution is 5.83. The second-order valence-electron chi connectivity index (χ2n) is 7.69. The average molecular weight is 430 g/mol. The SMILES string of the molecule is COCC(=O)N[C@@H](C)[C@H](Oc1ccc2c(cnn2C2=CC=CC=CC2)c1)c1ccccc1. The lowest BCUT2D eigenvalue weighted by Crippen LogP contribution is -2.40. The summed E-state index contributed by atoms with van der Waals surface area (Å²) < 4.78 is 13.3. The Labute approximate surface area is 187 Å². The lowest BCUT2D eigenvalue weighted by Gasteiger charge is -2.26. The van der Waals surface area contributed by atoms with E-state index in [0.29, 0.717) is 5.75 Å². The predicted octanol–water partition coefficient (Wildman–Crippen LogP) is 4.66. The summed E-state index contributed by atoms with van der Waals surface area (Å²) in [6, 6.07) is 15.6. The van der Waals surface area contributed by atoms with E-state index in [0.717, 1.165) is 28.6 Å². The van der Waals surface area contributed by atoms with Crippen molar-refractivity contribution in [1.82, 2.24) is 15.1 Å². The van der Waals surface area contributed by atoms with Crippen LogP contribution < -0.4 is 10.1 Å². The van der Waals surface area contributed by atoms with Gasteiger partial charge in [0, 0.05) is 24.6 Å². The number of aromatic nitrogens is 2. The Morgan fingerprint density at radius 2 is 2.00 bits per heavy atom. The van der Waals surface area contributed by atoms with Crippen molar-refractivity contribution >= 4 is 22.5 Å². The Balaban J connectivity index is 1.60. The number of benzene rings is 2. The number of nitrogens with one attached hydrogen (secondary N) is 1. The minimum absolute atomic E-state index is 0.0111. The zero-order chi connectivity index (χ0) is 22.3. The number of rotatable bonds is 8. The molecule has 1 heterocycles. The van der Waals surface area contributed by atoms with Crippen molar-refractivity contribution in [2.24, 2.45) is 0 Å². The Morgan fingerprint density at radius 3 is 2.81 bits per heavy atom. The van der Waals surface area contributed by atoms with Gasteiger partial charge in [0.2, 0.25) is 5.91 Å². The first-order valence-electron chi connectivity index (χ1n) is 10.7. The smallest absolute Gasteiger partial charge is 0.246 e. The van der Waals surface area contributed by atoms with Gasteiger partial charge in [0.1, 0.15) is 18.5 Å². The van der Waals surface area contributed by atoms with E-state index in [-0.39, 0.29) is 24.7 Å². The lowest BCUT2D eigenvalue weighted by atomic mass is 10.0. The molecule has 0 unspecified atom stereocenters. The van der Waals surface area contributed by atoms with Crippen LogP contribution in [0, 0.1) is 0 Å². The van der Waals surface area contributed by atoms with Gasteiger partial charge in [-0.1, -0.05) is 54.6 Å². The third-order valence-corrected chi connectivity index (χ3v) is 5.29. The first kappa shape index (κ1) is 21.6. The van der Waals surface area contributed by atoms with Crippen molar-refractivity contribution < 1.29 is 14.3 Å². The number of amides is 1. The summed E-state index contributed by atoms with van der Waals surface area (Å²) in [6.07, 6.45) is 12.6. The molecule has 6 nitrogen and oxygen atoms in total. The number of allylic oxidation sites excluding steroid dienone is 6. The Hall–Kier alpha value is -3.64. The molecule has 6 heteroatoms. The molecule has 0 saturated heterocycles. The Bertz CT molecular complexity index is 1160. The number of carbonyl (C=O) groups excluding carboxylic acids is 1. The van der Waals surface area contributed by atoms with Crippen molar-refractivity contribution in [2.75, 3.05) is 13.7 Å². The van der Waals surface area contributed by atoms with Crippen LogP contribution in [-0.2, 0) is 9.53 Å². The molecule has 1 aliphatic carbocycles. The van der Waals surface area contributed by atoms with Gasteiger partial charge in [-0.15, -0.1) is 0 Å². The van der Waals surface area contributed by atoms with Crippen LogP contribution in [0.25, 0.3) is 16.6 Å². The summed E-state index contributed by atoms with van der Waals surface area (Å²) >= 11 is 0. The molecule has 0 radical (unpaired) electrons. The van der Waals surface area contributed by atoms with E-state index >= 15 is 0 Å². The quantitative estimate of drug-likeness (QED) is 0.565. The molecule has 0 saturated carbocycles. The number of carbonyl (C=O) groups is 1. The van der Waals surface area contributed by atoms with E-state index in [9.17, 15) is 4.79 Å². The minimum Gasteiger partial charge on any atom is -0.484 e. The largest absolute Gasteiger partial charge is 0.484 e. The van der Waals surface area contributed by atoms with Gasteiger partial charge in [0.05, 0.1) is 17.8 Å². The summed E-state index contributed by atoms with van der Waals surface area (Å²) in [6.45, 7) is 1.94. The van der Waals surface area contributed by atoms with E-state index in [1.165, 1.54) is 7.11 Å². The highest BCUT2D eigenvalue weighted by atomic mass is 16.5. The summed E-state index contributed by atoms with van der Waals surface area (Å²) in [7, 11) is 1.50. The maximum Gasteiger partial charge on any atom is 0.246 e. The molecular weight excluding hydrogens is 402 g/mol. The van der Waals surface area contributed by atoms with Crippen LogP contribution in [0.1, 0.15) is 25.0 Å². The van der Waals surface area contributed by atoms with Crippen LogP contribution >= 0.6 is 0 Å². The number of hydrogen-bond acceptors (Lipinski definition) is 4. The maximum atomic E-state index is 12.1. The van der Waals surface area contributed by atoms with Crippen molar-refractivity contribution in [3.8, 4) is 5.75 Å². The molecule has 3 aromatic rings. The average Bonchev–Trinajstić information content (AvgIpc) is 3.03. The van der Waals surface area contributed by atoms with Crippen LogP contribution in [0.15, 0.2) is 85.1 Å². The molecule has 1 N–H and O–H groups in total. The zero-order valence-corrected chi connectivity index (χ0v) is 18.3. The van der Waals surface area contributed by atoms with Crippen LogP contribution in [0.4, 0.5) is 0 Å². The predicted molar refractivity (Wildman–Crippen MR) is 126 cm³/mol. The second-order valence-corrected chi connectivity index (χ2v) is 7.69. The first-order valence-corrected chi connectivity index (χ1v) is 10.7. The van der Waals surface area contributed by atoms with Gasteiger partial charge in [-0.25, -0.2) is 4.68 Å². The summed E-state index contributed by atoms with van der Waals surface area (Å²) in [5.41, 5.74) is 3.11. The van der Waals surface area contributed by atoms with Crippen molar-refractivity contribution in [3.63, 3.8) is 0 Å². The van der Waals surface area contributed by atoms with E-state index in [2.05, 4.69) is 22.6 Å². The third kappa shape index (κ3) is 4.98. The van der Waals surface area contributed by atoms with E-state index in [1.54, 1.807) is 0 Å². The van der Waals surface area contributed by atoms with Crippen LogP contribution in [0.3, 0.4) is 0 Å². The molecular formula is C26H27N3O3. The minimum atomic E-state index is -0.357. The summed E-state index contributed by atoms with van der Waals surface area (Å²) in [5, 5.41) is 8.54. The highest BCUT2D eigenvalue weighted by Crippen LogP contribution is 2.29. The van der Waals surface area contributed by atoms with E-state index in [1.807, 2.05) is 84.6 Å². The molecule has 32 heavy (non-hydrogen) atoms. The van der Waals surface area contributed by atoms with Crippen LogP contribution in [-0.4, -0.2) is 35.4 Å². The van der Waals surface area contributed by atoms with Crippen LogP contribution in [0.5, 0.6) is 5.75 Å². The fourth-order valence-corrected chi connectivity index (χ4v) is 3.79. The number of methoxy groups -OCH3 is 1. The normalized spacial score (nSPS) is 15.1. The zero-order valence-electron chi connectivity index (χ0n) is 18.3. The molecule has 2 atom stereocenters. The van der Waals surface area contributed by atoms with Gasteiger partial charge in [-0.3, -0.25) is 4.79 Å².